The summed E-state index contributed by atoms with van der Waals surface area (Å²) >= 11 is 0. The number of aliphatic carboxylic acids is 1. The molecule has 0 aliphatic heterocycles. The zero-order chi connectivity index (χ0) is 11.4. The van der Waals surface area contributed by atoms with Crippen LogP contribution in [0.5, 0.6) is 5.75 Å². The van der Waals surface area contributed by atoms with Crippen molar-refractivity contribution in [2.75, 3.05) is 0 Å². The van der Waals surface area contributed by atoms with E-state index < -0.39 is 10.9 Å². The van der Waals surface area contributed by atoms with Crippen LogP contribution in [0.2, 0.25) is 0 Å². The van der Waals surface area contributed by atoms with Gasteiger partial charge in [-0.15, -0.1) is 0 Å². The van der Waals surface area contributed by atoms with Crippen LogP contribution < -0.4 is 0 Å². The standard InChI is InChI=1S/C9H7NO5/c11-8-3-2-7(10(14)15)5-6(8)1-4-9(12)13/h1-5,11H,(H,12,13)/b4-1+. The van der Waals surface area contributed by atoms with Gasteiger partial charge in [0.05, 0.1) is 4.92 Å². The number of rotatable bonds is 3. The van der Waals surface area contributed by atoms with Gasteiger partial charge in [0.2, 0.25) is 0 Å². The smallest absolute Gasteiger partial charge is 0.328 e. The summed E-state index contributed by atoms with van der Waals surface area (Å²) in [5, 5.41) is 28.0. The second kappa shape index (κ2) is 4.23. The molecule has 15 heavy (non-hydrogen) atoms. The van der Waals surface area contributed by atoms with E-state index in [1.165, 1.54) is 0 Å². The Hall–Kier alpha value is -2.37. The maximum atomic E-state index is 10.4. The zero-order valence-electron chi connectivity index (χ0n) is 7.45. The van der Waals surface area contributed by atoms with Crippen LogP contribution in [0.3, 0.4) is 0 Å². The third-order valence-electron chi connectivity index (χ3n) is 1.63. The van der Waals surface area contributed by atoms with Crippen LogP contribution in [0, 0.1) is 10.1 Å². The quantitative estimate of drug-likeness (QED) is 0.445. The molecule has 0 unspecified atom stereocenters. The molecule has 0 spiro atoms. The summed E-state index contributed by atoms with van der Waals surface area (Å²) in [5.41, 5.74) is -0.121. The molecule has 0 saturated heterocycles. The fraction of sp³-hybridized carbons (Fsp3) is 0. The molecular formula is C9H7NO5. The molecule has 1 rings (SSSR count). The number of nitrogens with zero attached hydrogens (tertiary/aromatic N) is 1. The molecule has 0 fully saturated rings. The highest BCUT2D eigenvalue weighted by Gasteiger charge is 2.08. The van der Waals surface area contributed by atoms with E-state index in [-0.39, 0.29) is 17.0 Å². The fourth-order valence-electron chi connectivity index (χ4n) is 0.950. The van der Waals surface area contributed by atoms with E-state index in [4.69, 9.17) is 5.11 Å². The van der Waals surface area contributed by atoms with Gasteiger partial charge in [0.15, 0.2) is 0 Å². The molecule has 2 N–H and O–H groups in total. The minimum atomic E-state index is -1.19. The number of benzene rings is 1. The minimum Gasteiger partial charge on any atom is -0.507 e. The lowest BCUT2D eigenvalue weighted by atomic mass is 10.1. The van der Waals surface area contributed by atoms with Crippen LogP contribution in [-0.4, -0.2) is 21.1 Å². The first-order chi connectivity index (χ1) is 7.00. The van der Waals surface area contributed by atoms with E-state index >= 15 is 0 Å². The second-order valence-electron chi connectivity index (χ2n) is 2.67. The highest BCUT2D eigenvalue weighted by Crippen LogP contribution is 2.23. The minimum absolute atomic E-state index is 0.0894. The Morgan fingerprint density at radius 3 is 2.67 bits per heavy atom. The van der Waals surface area contributed by atoms with Crippen molar-refractivity contribution in [2.45, 2.75) is 0 Å². The van der Waals surface area contributed by atoms with Gasteiger partial charge < -0.3 is 10.2 Å². The summed E-state index contributed by atoms with van der Waals surface area (Å²) in [4.78, 5) is 20.0. The average Bonchev–Trinajstić information content (AvgIpc) is 2.16. The lowest BCUT2D eigenvalue weighted by molar-refractivity contribution is -0.384. The van der Waals surface area contributed by atoms with Crippen molar-refractivity contribution in [2.24, 2.45) is 0 Å². The first-order valence-corrected chi connectivity index (χ1v) is 3.89. The number of nitro benzene ring substituents is 1. The molecule has 0 atom stereocenters. The molecule has 0 aromatic heterocycles. The van der Waals surface area contributed by atoms with Gasteiger partial charge in [-0.1, -0.05) is 0 Å². The van der Waals surface area contributed by atoms with E-state index in [9.17, 15) is 20.0 Å². The van der Waals surface area contributed by atoms with Crippen molar-refractivity contribution in [3.8, 4) is 5.75 Å². The fourth-order valence-corrected chi connectivity index (χ4v) is 0.950. The Morgan fingerprint density at radius 1 is 1.47 bits per heavy atom. The Balaban J connectivity index is 3.11. The van der Waals surface area contributed by atoms with Crippen molar-refractivity contribution in [3.63, 3.8) is 0 Å². The van der Waals surface area contributed by atoms with Gasteiger partial charge in [-0.2, -0.15) is 0 Å². The van der Waals surface area contributed by atoms with Gasteiger partial charge in [-0.3, -0.25) is 10.1 Å². The lowest BCUT2D eigenvalue weighted by Crippen LogP contribution is -1.89. The van der Waals surface area contributed by atoms with E-state index in [1.54, 1.807) is 0 Å². The first kappa shape index (κ1) is 10.7. The monoisotopic (exact) mass is 209 g/mol. The maximum absolute atomic E-state index is 10.4. The number of nitro groups is 1. The highest BCUT2D eigenvalue weighted by atomic mass is 16.6. The van der Waals surface area contributed by atoms with Crippen molar-refractivity contribution in [1.29, 1.82) is 0 Å². The van der Waals surface area contributed by atoms with Gasteiger partial charge >= 0.3 is 5.97 Å². The first-order valence-electron chi connectivity index (χ1n) is 3.89. The van der Waals surface area contributed by atoms with Crippen molar-refractivity contribution < 1.29 is 19.9 Å². The van der Waals surface area contributed by atoms with E-state index in [1.807, 2.05) is 0 Å². The molecule has 0 heterocycles. The van der Waals surface area contributed by atoms with Gasteiger partial charge in [-0.25, -0.2) is 4.79 Å². The number of phenols is 1. The molecule has 0 bridgehead atoms. The van der Waals surface area contributed by atoms with E-state index in [2.05, 4.69) is 0 Å². The Bertz CT molecular complexity index is 438. The Kier molecular flexibility index (Phi) is 3.02. The van der Waals surface area contributed by atoms with Gasteiger partial charge in [0.1, 0.15) is 5.75 Å². The number of carboxylic acids is 1. The number of carboxylic acid groups (broad SMARTS) is 1. The lowest BCUT2D eigenvalue weighted by Gasteiger charge is -1.97. The summed E-state index contributed by atoms with van der Waals surface area (Å²) in [7, 11) is 0. The van der Waals surface area contributed by atoms with Gasteiger partial charge in [-0.05, 0) is 12.1 Å². The summed E-state index contributed by atoms with van der Waals surface area (Å²) in [5.74, 6) is -1.40. The van der Waals surface area contributed by atoms with Crippen LogP contribution in [0.4, 0.5) is 5.69 Å². The van der Waals surface area contributed by atoms with E-state index in [0.717, 1.165) is 30.4 Å². The summed E-state index contributed by atoms with van der Waals surface area (Å²) in [6.07, 6.45) is 1.88. The average molecular weight is 209 g/mol. The number of non-ortho nitro benzene ring substituents is 1. The molecule has 0 radical (unpaired) electrons. The predicted molar refractivity (Wildman–Crippen MR) is 51.4 cm³/mol. The molecule has 0 amide bonds. The van der Waals surface area contributed by atoms with Gasteiger partial charge in [0.25, 0.3) is 5.69 Å². The largest absolute Gasteiger partial charge is 0.507 e. The third-order valence-corrected chi connectivity index (χ3v) is 1.63. The second-order valence-corrected chi connectivity index (χ2v) is 2.67. The normalized spacial score (nSPS) is 10.4. The van der Waals surface area contributed by atoms with Crippen LogP contribution in [0.15, 0.2) is 24.3 Å². The summed E-state index contributed by atoms with van der Waals surface area (Å²) in [6, 6.07) is 3.36. The van der Waals surface area contributed by atoms with Gasteiger partial charge in [0, 0.05) is 23.8 Å². The number of hydrogen-bond donors (Lipinski definition) is 2. The topological polar surface area (TPSA) is 101 Å². The number of hydrogen-bond acceptors (Lipinski definition) is 4. The maximum Gasteiger partial charge on any atom is 0.328 e. The SMILES string of the molecule is O=C(O)/C=C/c1cc([N+](=O)[O-])ccc1O. The number of aromatic hydroxyl groups is 1. The molecular weight excluding hydrogens is 202 g/mol. The van der Waals surface area contributed by atoms with Crippen molar-refractivity contribution in [1.82, 2.24) is 0 Å². The molecule has 0 aliphatic carbocycles. The predicted octanol–water partition coefficient (Wildman–Crippen LogP) is 1.40. The van der Waals surface area contributed by atoms with Crippen LogP contribution in [0.25, 0.3) is 6.08 Å². The Morgan fingerprint density at radius 2 is 2.13 bits per heavy atom. The molecule has 6 heteroatoms. The molecule has 1 aromatic rings. The van der Waals surface area contributed by atoms with Crippen LogP contribution >= 0.6 is 0 Å². The van der Waals surface area contributed by atoms with E-state index in [0.29, 0.717) is 0 Å². The summed E-state index contributed by atoms with van der Waals surface area (Å²) < 4.78 is 0. The highest BCUT2D eigenvalue weighted by molar-refractivity contribution is 5.86. The number of carbonyl (C=O) groups is 1. The molecule has 0 saturated carbocycles. The van der Waals surface area contributed by atoms with Crippen LogP contribution in [-0.2, 0) is 4.79 Å². The Labute approximate surface area is 84.2 Å². The third kappa shape index (κ3) is 2.80. The molecule has 1 aromatic carbocycles. The summed E-state index contributed by atoms with van der Waals surface area (Å²) in [6.45, 7) is 0. The van der Waals surface area contributed by atoms with Crippen molar-refractivity contribution in [3.05, 3.63) is 40.0 Å². The molecule has 6 nitrogen and oxygen atoms in total. The van der Waals surface area contributed by atoms with Crippen molar-refractivity contribution >= 4 is 17.7 Å². The molecule has 0 aliphatic rings. The zero-order valence-corrected chi connectivity index (χ0v) is 7.45. The molecule has 78 valence electrons. The number of phenolic OH excluding ortho intramolecular Hbond substituents is 1. The van der Waals surface area contributed by atoms with Crippen LogP contribution in [0.1, 0.15) is 5.56 Å².